The first kappa shape index (κ1) is 37.0. The number of amides is 4. The van der Waals surface area contributed by atoms with Crippen LogP contribution in [0.5, 0.6) is 5.75 Å². The monoisotopic (exact) mass is 792 g/mol. The molecule has 1 aliphatic rings. The smallest absolute Gasteiger partial charge is 0.329 e. The predicted molar refractivity (Wildman–Crippen MR) is 190 cm³/mol. The van der Waals surface area contributed by atoms with Crippen molar-refractivity contribution in [2.75, 3.05) is 26.0 Å². The molecule has 4 atom stereocenters. The molecule has 258 valence electrons. The molecular weight excluding hydrogens is 751 g/mol. The summed E-state index contributed by atoms with van der Waals surface area (Å²) in [5.74, 6) is -2.53. The number of H-pyrrole nitrogens is 1. The minimum absolute atomic E-state index is 0.0752. The lowest BCUT2D eigenvalue weighted by Crippen LogP contribution is -2.62. The second-order valence-corrected chi connectivity index (χ2v) is 14.0. The van der Waals surface area contributed by atoms with Gasteiger partial charge in [-0.15, -0.1) is 11.8 Å². The van der Waals surface area contributed by atoms with Crippen molar-refractivity contribution in [2.45, 2.75) is 62.9 Å². The quantitative estimate of drug-likeness (QED) is 0.142. The number of hydrogen-bond donors (Lipinski definition) is 5. The number of nitrogens with one attached hydrogen (secondary N) is 4. The van der Waals surface area contributed by atoms with Crippen molar-refractivity contribution in [2.24, 2.45) is 11.7 Å². The molecule has 0 aliphatic carbocycles. The van der Waals surface area contributed by atoms with Crippen LogP contribution in [0.1, 0.15) is 38.3 Å². The van der Waals surface area contributed by atoms with E-state index in [1.54, 1.807) is 36.7 Å². The first-order valence-electron chi connectivity index (χ1n) is 15.5. The molecule has 0 bridgehead atoms. The molecule has 1 aliphatic heterocycles. The largest absolute Gasteiger partial charge is 0.489 e. The van der Waals surface area contributed by atoms with Crippen LogP contribution in [0.25, 0.3) is 10.9 Å². The second kappa shape index (κ2) is 16.5. The average Bonchev–Trinajstić information content (AvgIpc) is 3.42. The normalized spacial score (nSPS) is 22.4. The molecule has 0 spiro atoms. The van der Waals surface area contributed by atoms with Crippen molar-refractivity contribution >= 4 is 75.1 Å². The van der Waals surface area contributed by atoms with Gasteiger partial charge >= 0.3 is 5.97 Å². The van der Waals surface area contributed by atoms with Gasteiger partial charge in [0.15, 0.2) is 0 Å². The Kier molecular flexibility index (Phi) is 12.7. The number of carbonyl (C=O) groups excluding carboxylic acids is 5. The van der Waals surface area contributed by atoms with Crippen LogP contribution in [-0.4, -0.2) is 81.3 Å². The van der Waals surface area contributed by atoms with Crippen LogP contribution in [0.3, 0.4) is 0 Å². The number of nitrogens with zero attached hydrogens (tertiary/aromatic N) is 1. The Morgan fingerprint density at radius 2 is 1.88 bits per heavy atom. The van der Waals surface area contributed by atoms with E-state index in [0.717, 1.165) is 22.0 Å². The maximum Gasteiger partial charge on any atom is 0.329 e. The first-order valence-corrected chi connectivity index (χ1v) is 17.4. The van der Waals surface area contributed by atoms with E-state index in [1.165, 1.54) is 22.0 Å². The Bertz CT molecular complexity index is 1650. The molecule has 13 nitrogen and oxygen atoms in total. The van der Waals surface area contributed by atoms with Crippen molar-refractivity contribution in [3.05, 3.63) is 59.7 Å². The first-order chi connectivity index (χ1) is 22.9. The Morgan fingerprint density at radius 1 is 1.15 bits per heavy atom. The van der Waals surface area contributed by atoms with E-state index >= 15 is 0 Å². The maximum absolute atomic E-state index is 13.4. The standard InChI is InChI=1S/C33H41IN6O7S/c1-5-19(2)33(3)32(45)36-15-27(41)37-26(31(44)46-4)18-48-29-23(14-24(35)30(43)40(34)16-28(42)39-33)22-12-11-21(13-25(22)38-29)47-17-20-9-7-6-8-10-20/h6-13,19,24,26,38H,5,14-18,35H2,1-4H3,(H,36,45)(H,37,41)(H,39,42)/t19-,24-,26-,33-/m0/s1. The summed E-state index contributed by atoms with van der Waals surface area (Å²) < 4.78 is 12.2. The molecule has 6 N–H and O–H groups in total. The van der Waals surface area contributed by atoms with Crippen LogP contribution >= 0.6 is 34.6 Å². The third-order valence-electron chi connectivity index (χ3n) is 8.44. The van der Waals surface area contributed by atoms with Crippen molar-refractivity contribution in [3.8, 4) is 5.75 Å². The van der Waals surface area contributed by atoms with Gasteiger partial charge in [0.2, 0.25) is 23.6 Å². The molecule has 3 aromatic rings. The van der Waals surface area contributed by atoms with Gasteiger partial charge in [-0.3, -0.25) is 22.3 Å². The third-order valence-corrected chi connectivity index (χ3v) is 10.4. The number of aromatic nitrogens is 1. The van der Waals surface area contributed by atoms with E-state index in [1.807, 2.05) is 55.5 Å². The highest BCUT2D eigenvalue weighted by Crippen LogP contribution is 2.34. The summed E-state index contributed by atoms with van der Waals surface area (Å²) in [6.07, 6.45) is 0.651. The third kappa shape index (κ3) is 8.99. The second-order valence-electron chi connectivity index (χ2n) is 11.8. The average molecular weight is 793 g/mol. The molecule has 0 saturated heterocycles. The van der Waals surface area contributed by atoms with E-state index in [0.29, 0.717) is 23.8 Å². The van der Waals surface area contributed by atoms with Crippen LogP contribution in [-0.2, 0) is 41.7 Å². The van der Waals surface area contributed by atoms with E-state index in [2.05, 4.69) is 20.9 Å². The van der Waals surface area contributed by atoms with Crippen LogP contribution < -0.4 is 26.4 Å². The van der Waals surface area contributed by atoms with Gasteiger partial charge in [0, 0.05) is 17.2 Å². The molecule has 0 unspecified atom stereocenters. The van der Waals surface area contributed by atoms with Crippen LogP contribution in [0, 0.1) is 5.92 Å². The molecule has 4 amide bonds. The highest BCUT2D eigenvalue weighted by molar-refractivity contribution is 14.1. The van der Waals surface area contributed by atoms with Gasteiger partial charge in [0.05, 0.1) is 53.1 Å². The molecule has 2 heterocycles. The van der Waals surface area contributed by atoms with Crippen molar-refractivity contribution < 1.29 is 33.4 Å². The van der Waals surface area contributed by atoms with Crippen molar-refractivity contribution in [1.82, 2.24) is 24.0 Å². The molecule has 0 saturated carbocycles. The lowest BCUT2D eigenvalue weighted by atomic mass is 9.84. The minimum atomic E-state index is -1.39. The summed E-state index contributed by atoms with van der Waals surface area (Å²) >= 11 is 3.01. The minimum Gasteiger partial charge on any atom is -0.489 e. The summed E-state index contributed by atoms with van der Waals surface area (Å²) in [6, 6.07) is 13.2. The lowest BCUT2D eigenvalue weighted by molar-refractivity contribution is -0.144. The van der Waals surface area contributed by atoms with E-state index < -0.39 is 53.8 Å². The van der Waals surface area contributed by atoms with Gasteiger partial charge in [-0.05, 0) is 42.5 Å². The molecular formula is C33H41IN6O7S. The fourth-order valence-corrected chi connectivity index (χ4v) is 7.04. The zero-order valence-electron chi connectivity index (χ0n) is 27.3. The van der Waals surface area contributed by atoms with Crippen LogP contribution in [0.2, 0.25) is 0 Å². The number of esters is 1. The SMILES string of the molecule is CC[C@H](C)[C@]1(C)NC(=O)CN(I)C(=O)[C@@H](N)Cc2c([nH]c3cc(OCc4ccccc4)ccc23)SC[C@@H](C(=O)OC)NC(=O)CNC1=O. The number of carbonyl (C=O) groups is 5. The number of halogens is 1. The van der Waals surface area contributed by atoms with Gasteiger partial charge in [-0.1, -0.05) is 50.6 Å². The molecule has 1 aromatic heterocycles. The highest BCUT2D eigenvalue weighted by Gasteiger charge is 2.40. The van der Waals surface area contributed by atoms with Gasteiger partial charge in [-0.2, -0.15) is 0 Å². The summed E-state index contributed by atoms with van der Waals surface area (Å²) in [7, 11) is 1.22. The number of rotatable bonds is 6. The Labute approximate surface area is 297 Å². The number of hydrogen-bond acceptors (Lipinski definition) is 9. The van der Waals surface area contributed by atoms with Crippen molar-refractivity contribution in [1.29, 1.82) is 0 Å². The van der Waals surface area contributed by atoms with Gasteiger partial charge in [0.1, 0.15) is 30.5 Å². The van der Waals surface area contributed by atoms with Crippen LogP contribution in [0.4, 0.5) is 0 Å². The lowest BCUT2D eigenvalue weighted by Gasteiger charge is -2.35. The van der Waals surface area contributed by atoms with E-state index in [4.69, 9.17) is 15.2 Å². The molecule has 15 heteroatoms. The summed E-state index contributed by atoms with van der Waals surface area (Å²) in [4.78, 5) is 69.0. The van der Waals surface area contributed by atoms with E-state index in [9.17, 15) is 24.0 Å². The van der Waals surface area contributed by atoms with Crippen molar-refractivity contribution in [3.63, 3.8) is 0 Å². The summed E-state index contributed by atoms with van der Waals surface area (Å²) in [6.45, 7) is 4.84. The van der Waals surface area contributed by atoms with Crippen LogP contribution in [0.15, 0.2) is 53.6 Å². The Hall–Kier alpha value is -3.83. The number of thioether (sulfide) groups is 1. The molecule has 2 aromatic carbocycles. The topological polar surface area (TPSA) is 185 Å². The summed E-state index contributed by atoms with van der Waals surface area (Å²) in [5, 5.41) is 9.41. The van der Waals surface area contributed by atoms with Gasteiger partial charge in [0.25, 0.3) is 0 Å². The molecule has 4 rings (SSSR count). The number of ether oxygens (including phenoxy) is 2. The Morgan fingerprint density at radius 3 is 2.56 bits per heavy atom. The highest BCUT2D eigenvalue weighted by atomic mass is 127. The zero-order chi connectivity index (χ0) is 35.0. The number of benzene rings is 2. The fourth-order valence-electron chi connectivity index (χ4n) is 5.27. The zero-order valence-corrected chi connectivity index (χ0v) is 30.2. The van der Waals surface area contributed by atoms with E-state index in [-0.39, 0.29) is 24.6 Å². The number of fused-ring (bicyclic) bond motifs is 3. The summed E-state index contributed by atoms with van der Waals surface area (Å²) in [5.41, 5.74) is 7.54. The molecule has 0 fully saturated rings. The number of methoxy groups -OCH3 is 1. The predicted octanol–water partition coefficient (Wildman–Crippen LogP) is 2.60. The van der Waals surface area contributed by atoms with Gasteiger partial charge in [-0.25, -0.2) is 4.79 Å². The fraction of sp³-hybridized carbons (Fsp3) is 0.424. The maximum atomic E-state index is 13.4. The number of nitrogens with two attached hydrogens (primary N) is 1. The number of aromatic amines is 1. The Balaban J connectivity index is 1.68. The molecule has 48 heavy (non-hydrogen) atoms. The molecule has 0 radical (unpaired) electrons. The van der Waals surface area contributed by atoms with Gasteiger partial charge < -0.3 is 36.1 Å².